The van der Waals surface area contributed by atoms with Crippen molar-refractivity contribution >= 4 is 11.9 Å². The number of ether oxygens (including phenoxy) is 1. The molecular formula is C16H21N3O3. The molecule has 118 valence electrons. The lowest BCUT2D eigenvalue weighted by atomic mass is 9.86. The van der Waals surface area contributed by atoms with Gasteiger partial charge in [0.1, 0.15) is 5.54 Å². The van der Waals surface area contributed by atoms with E-state index in [1.54, 1.807) is 0 Å². The first-order valence-corrected chi connectivity index (χ1v) is 7.59. The number of amides is 3. The van der Waals surface area contributed by atoms with E-state index in [1.165, 1.54) is 11.9 Å². The minimum absolute atomic E-state index is 0.183. The van der Waals surface area contributed by atoms with Crippen LogP contribution < -0.4 is 5.32 Å². The van der Waals surface area contributed by atoms with Gasteiger partial charge in [-0.05, 0) is 12.0 Å². The molecule has 3 amide bonds. The van der Waals surface area contributed by atoms with Gasteiger partial charge in [-0.2, -0.15) is 0 Å². The molecule has 0 aromatic heterocycles. The summed E-state index contributed by atoms with van der Waals surface area (Å²) in [7, 11) is 1.52. The number of rotatable bonds is 4. The van der Waals surface area contributed by atoms with Crippen molar-refractivity contribution in [3.05, 3.63) is 35.9 Å². The molecule has 1 unspecified atom stereocenters. The van der Waals surface area contributed by atoms with E-state index in [-0.39, 0.29) is 11.9 Å². The molecule has 1 N–H and O–H groups in total. The van der Waals surface area contributed by atoms with Crippen LogP contribution >= 0.6 is 0 Å². The lowest BCUT2D eigenvalue weighted by Gasteiger charge is -2.32. The highest BCUT2D eigenvalue weighted by Gasteiger charge is 2.50. The van der Waals surface area contributed by atoms with Crippen LogP contribution in [0.4, 0.5) is 4.79 Å². The second-order valence-electron chi connectivity index (χ2n) is 5.77. The molecule has 2 fully saturated rings. The summed E-state index contributed by atoms with van der Waals surface area (Å²) in [5.41, 5.74) is -0.114. The number of carbonyl (C=O) groups excluding carboxylic acids is 2. The third-order valence-corrected chi connectivity index (χ3v) is 4.47. The average molecular weight is 303 g/mol. The SMILES string of the molecule is CN1C(=O)NC(CCN2CCOCC2)(c2ccccc2)C1=O. The first kappa shape index (κ1) is 15.0. The van der Waals surface area contributed by atoms with Crippen LogP contribution in [0.25, 0.3) is 0 Å². The van der Waals surface area contributed by atoms with Gasteiger partial charge in [0.05, 0.1) is 13.2 Å². The van der Waals surface area contributed by atoms with E-state index >= 15 is 0 Å². The molecule has 2 aliphatic rings. The molecule has 2 heterocycles. The highest BCUT2D eigenvalue weighted by Crippen LogP contribution is 2.32. The van der Waals surface area contributed by atoms with E-state index < -0.39 is 5.54 Å². The maximum atomic E-state index is 12.7. The number of hydrogen-bond acceptors (Lipinski definition) is 4. The van der Waals surface area contributed by atoms with Gasteiger partial charge in [-0.1, -0.05) is 30.3 Å². The van der Waals surface area contributed by atoms with Crippen molar-refractivity contribution in [3.8, 4) is 0 Å². The van der Waals surface area contributed by atoms with Gasteiger partial charge in [0.25, 0.3) is 5.91 Å². The van der Waals surface area contributed by atoms with Crippen LogP contribution in [0.15, 0.2) is 30.3 Å². The number of nitrogens with one attached hydrogen (secondary N) is 1. The van der Waals surface area contributed by atoms with Crippen LogP contribution in [0.5, 0.6) is 0 Å². The zero-order valence-corrected chi connectivity index (χ0v) is 12.7. The van der Waals surface area contributed by atoms with Crippen LogP contribution in [0, 0.1) is 0 Å². The summed E-state index contributed by atoms with van der Waals surface area (Å²) in [4.78, 5) is 28.1. The average Bonchev–Trinajstić information content (AvgIpc) is 2.80. The Kier molecular flexibility index (Phi) is 4.13. The first-order valence-electron chi connectivity index (χ1n) is 7.59. The Bertz CT molecular complexity index is 557. The molecule has 6 nitrogen and oxygen atoms in total. The molecule has 22 heavy (non-hydrogen) atoms. The number of hydrogen-bond donors (Lipinski definition) is 1. The van der Waals surface area contributed by atoms with Crippen LogP contribution in [0.2, 0.25) is 0 Å². The Labute approximate surface area is 130 Å². The van der Waals surface area contributed by atoms with Crippen LogP contribution in [-0.2, 0) is 15.1 Å². The molecule has 0 radical (unpaired) electrons. The summed E-state index contributed by atoms with van der Waals surface area (Å²) in [6, 6.07) is 9.15. The van der Waals surface area contributed by atoms with Gasteiger partial charge >= 0.3 is 6.03 Å². The highest BCUT2D eigenvalue weighted by molar-refractivity contribution is 6.07. The fraction of sp³-hybridized carbons (Fsp3) is 0.500. The van der Waals surface area contributed by atoms with Crippen molar-refractivity contribution in [1.29, 1.82) is 0 Å². The standard InChI is InChI=1S/C16H21N3O3/c1-18-14(20)16(17-15(18)21,13-5-3-2-4-6-13)7-8-19-9-11-22-12-10-19/h2-6H,7-12H2,1H3,(H,17,21). The van der Waals surface area contributed by atoms with Crippen molar-refractivity contribution in [2.45, 2.75) is 12.0 Å². The Hall–Kier alpha value is -1.92. The smallest absolute Gasteiger partial charge is 0.325 e. The molecule has 1 aromatic rings. The summed E-state index contributed by atoms with van der Waals surface area (Å²) < 4.78 is 5.35. The molecule has 2 saturated heterocycles. The summed E-state index contributed by atoms with van der Waals surface area (Å²) in [6.45, 7) is 3.92. The van der Waals surface area contributed by atoms with E-state index in [2.05, 4.69) is 10.2 Å². The van der Waals surface area contributed by atoms with E-state index in [0.29, 0.717) is 6.42 Å². The predicted molar refractivity (Wildman–Crippen MR) is 81.3 cm³/mol. The molecule has 1 aromatic carbocycles. The lowest BCUT2D eigenvalue weighted by molar-refractivity contribution is -0.131. The number of likely N-dealkylation sites (N-methyl/N-ethyl adjacent to an activating group) is 1. The number of imide groups is 1. The lowest BCUT2D eigenvalue weighted by Crippen LogP contribution is -2.47. The van der Waals surface area contributed by atoms with Gasteiger partial charge in [-0.3, -0.25) is 14.6 Å². The molecule has 1 atom stereocenters. The molecule has 0 saturated carbocycles. The van der Waals surface area contributed by atoms with Gasteiger partial charge in [0.15, 0.2) is 0 Å². The Morgan fingerprint density at radius 2 is 1.86 bits per heavy atom. The largest absolute Gasteiger partial charge is 0.379 e. The quantitative estimate of drug-likeness (QED) is 0.835. The molecule has 6 heteroatoms. The molecule has 3 rings (SSSR count). The van der Waals surface area contributed by atoms with Crippen molar-refractivity contribution < 1.29 is 14.3 Å². The number of benzene rings is 1. The first-order chi connectivity index (χ1) is 10.6. The monoisotopic (exact) mass is 303 g/mol. The second-order valence-corrected chi connectivity index (χ2v) is 5.77. The predicted octanol–water partition coefficient (Wildman–Crippen LogP) is 0.786. The van der Waals surface area contributed by atoms with Crippen LogP contribution in [0.3, 0.4) is 0 Å². The second kappa shape index (κ2) is 6.06. The number of carbonyl (C=O) groups is 2. The third-order valence-electron chi connectivity index (χ3n) is 4.47. The highest BCUT2D eigenvalue weighted by atomic mass is 16.5. The van der Waals surface area contributed by atoms with Crippen molar-refractivity contribution in [3.63, 3.8) is 0 Å². The number of nitrogens with zero attached hydrogens (tertiary/aromatic N) is 2. The van der Waals surface area contributed by atoms with Crippen LogP contribution in [-0.4, -0.2) is 61.6 Å². The number of morpholine rings is 1. The minimum atomic E-state index is -0.953. The van der Waals surface area contributed by atoms with E-state index in [0.717, 1.165) is 38.4 Å². The number of urea groups is 1. The third kappa shape index (κ3) is 2.60. The van der Waals surface area contributed by atoms with Crippen molar-refractivity contribution in [2.75, 3.05) is 39.9 Å². The summed E-state index contributed by atoms with van der Waals surface area (Å²) >= 11 is 0. The fourth-order valence-electron chi connectivity index (χ4n) is 3.08. The van der Waals surface area contributed by atoms with Gasteiger partial charge in [-0.15, -0.1) is 0 Å². The van der Waals surface area contributed by atoms with Crippen LogP contribution in [0.1, 0.15) is 12.0 Å². The van der Waals surface area contributed by atoms with Gasteiger partial charge in [0.2, 0.25) is 0 Å². The van der Waals surface area contributed by atoms with E-state index in [4.69, 9.17) is 4.74 Å². The molecule has 0 bridgehead atoms. The maximum absolute atomic E-state index is 12.7. The van der Waals surface area contributed by atoms with Gasteiger partial charge < -0.3 is 10.1 Å². The summed E-state index contributed by atoms with van der Waals surface area (Å²) in [6.07, 6.45) is 0.561. The minimum Gasteiger partial charge on any atom is -0.379 e. The summed E-state index contributed by atoms with van der Waals surface area (Å²) in [5.74, 6) is -0.183. The van der Waals surface area contributed by atoms with Crippen molar-refractivity contribution in [1.82, 2.24) is 15.1 Å². The van der Waals surface area contributed by atoms with E-state index in [9.17, 15) is 9.59 Å². The maximum Gasteiger partial charge on any atom is 0.325 e. The Morgan fingerprint density at radius 1 is 1.18 bits per heavy atom. The zero-order valence-electron chi connectivity index (χ0n) is 12.7. The summed E-state index contributed by atoms with van der Waals surface area (Å²) in [5, 5.41) is 2.90. The molecule has 0 aliphatic carbocycles. The fourth-order valence-corrected chi connectivity index (χ4v) is 3.08. The van der Waals surface area contributed by atoms with Gasteiger partial charge in [0, 0.05) is 26.7 Å². The molecule has 0 spiro atoms. The van der Waals surface area contributed by atoms with Gasteiger partial charge in [-0.25, -0.2) is 4.79 Å². The van der Waals surface area contributed by atoms with Crippen molar-refractivity contribution in [2.24, 2.45) is 0 Å². The Morgan fingerprint density at radius 3 is 2.45 bits per heavy atom. The molecule has 2 aliphatic heterocycles. The normalized spacial score (nSPS) is 26.3. The molecular weight excluding hydrogens is 282 g/mol. The zero-order chi connectivity index (χ0) is 15.6. The Balaban J connectivity index is 1.84. The van der Waals surface area contributed by atoms with E-state index in [1.807, 2.05) is 30.3 Å². The topological polar surface area (TPSA) is 61.9 Å².